The van der Waals surface area contributed by atoms with Crippen molar-refractivity contribution in [2.45, 2.75) is 31.7 Å². The van der Waals surface area contributed by atoms with E-state index in [1.807, 2.05) is 4.90 Å². The van der Waals surface area contributed by atoms with Crippen molar-refractivity contribution in [3.8, 4) is 0 Å². The highest BCUT2D eigenvalue weighted by atomic mass is 16.4. The highest BCUT2D eigenvalue weighted by Gasteiger charge is 2.34. The molecule has 1 atom stereocenters. The van der Waals surface area contributed by atoms with Gasteiger partial charge in [-0.3, -0.25) is 0 Å². The molecule has 108 valence electrons. The summed E-state index contributed by atoms with van der Waals surface area (Å²) in [5.41, 5.74) is 0. The molecule has 6 heteroatoms. The second-order valence-corrected chi connectivity index (χ2v) is 5.47. The zero-order valence-corrected chi connectivity index (χ0v) is 11.5. The maximum absolute atomic E-state index is 12.5. The monoisotopic (exact) mass is 269 g/mol. The summed E-state index contributed by atoms with van der Waals surface area (Å²) in [7, 11) is 2.05. The van der Waals surface area contributed by atoms with E-state index in [0.717, 1.165) is 38.9 Å². The predicted molar refractivity (Wildman–Crippen MR) is 71.1 cm³/mol. The summed E-state index contributed by atoms with van der Waals surface area (Å²) in [4.78, 5) is 29.3. The van der Waals surface area contributed by atoms with E-state index in [4.69, 9.17) is 0 Å². The van der Waals surface area contributed by atoms with Gasteiger partial charge in [-0.25, -0.2) is 9.59 Å². The lowest BCUT2D eigenvalue weighted by atomic mass is 10.0. The molecule has 2 saturated heterocycles. The van der Waals surface area contributed by atoms with Crippen molar-refractivity contribution in [3.05, 3.63) is 0 Å². The molecule has 2 rings (SSSR count). The van der Waals surface area contributed by atoms with Crippen LogP contribution >= 0.6 is 0 Å². The van der Waals surface area contributed by atoms with Crippen LogP contribution in [0, 0.1) is 0 Å². The van der Waals surface area contributed by atoms with Gasteiger partial charge in [0, 0.05) is 26.2 Å². The summed E-state index contributed by atoms with van der Waals surface area (Å²) in [6.45, 7) is 3.84. The van der Waals surface area contributed by atoms with Crippen molar-refractivity contribution < 1.29 is 14.7 Å². The number of carbonyl (C=O) groups is 2. The molecular formula is C13H23N3O3. The van der Waals surface area contributed by atoms with Crippen molar-refractivity contribution >= 4 is 12.0 Å². The van der Waals surface area contributed by atoms with Crippen LogP contribution in [0.25, 0.3) is 0 Å². The van der Waals surface area contributed by atoms with Crippen LogP contribution in [0.5, 0.6) is 0 Å². The summed E-state index contributed by atoms with van der Waals surface area (Å²) >= 11 is 0. The third-order valence-electron chi connectivity index (χ3n) is 4.02. The first-order valence-electron chi connectivity index (χ1n) is 7.06. The van der Waals surface area contributed by atoms with E-state index >= 15 is 0 Å². The molecule has 2 fully saturated rings. The quantitative estimate of drug-likeness (QED) is 0.760. The van der Waals surface area contributed by atoms with E-state index in [9.17, 15) is 14.7 Å². The third kappa shape index (κ3) is 3.37. The highest BCUT2D eigenvalue weighted by molar-refractivity contribution is 5.83. The number of rotatable bonds is 1. The first kappa shape index (κ1) is 14.1. The fraction of sp³-hybridized carbons (Fsp3) is 0.846. The van der Waals surface area contributed by atoms with Crippen molar-refractivity contribution in [1.29, 1.82) is 0 Å². The van der Waals surface area contributed by atoms with Gasteiger partial charge in [-0.2, -0.15) is 0 Å². The van der Waals surface area contributed by atoms with Gasteiger partial charge in [-0.1, -0.05) is 0 Å². The first-order valence-corrected chi connectivity index (χ1v) is 7.06. The molecule has 2 amide bonds. The largest absolute Gasteiger partial charge is 0.480 e. The van der Waals surface area contributed by atoms with Crippen LogP contribution in [-0.4, -0.2) is 77.6 Å². The zero-order valence-electron chi connectivity index (χ0n) is 11.5. The summed E-state index contributed by atoms with van der Waals surface area (Å²) in [5.74, 6) is -0.875. The molecule has 0 aromatic carbocycles. The molecule has 0 spiro atoms. The number of amides is 2. The molecule has 6 nitrogen and oxygen atoms in total. The number of nitrogens with zero attached hydrogens (tertiary/aromatic N) is 3. The topological polar surface area (TPSA) is 64.1 Å². The lowest BCUT2D eigenvalue weighted by Gasteiger charge is -2.36. The minimum Gasteiger partial charge on any atom is -0.480 e. The lowest BCUT2D eigenvalue weighted by Crippen LogP contribution is -2.53. The van der Waals surface area contributed by atoms with Gasteiger partial charge in [0.25, 0.3) is 0 Å². The number of carboxylic acids is 1. The number of urea groups is 1. The molecule has 2 aliphatic rings. The van der Waals surface area contributed by atoms with Gasteiger partial charge in [-0.15, -0.1) is 0 Å². The van der Waals surface area contributed by atoms with Crippen LogP contribution in [0.3, 0.4) is 0 Å². The Labute approximate surface area is 114 Å². The SMILES string of the molecule is CN1CCCN(C(=O)N2CCCCC2C(=O)O)CC1. The Hall–Kier alpha value is -1.30. The molecule has 0 aliphatic carbocycles. The van der Waals surface area contributed by atoms with Crippen LogP contribution in [-0.2, 0) is 4.79 Å². The van der Waals surface area contributed by atoms with Crippen molar-refractivity contribution in [2.75, 3.05) is 39.8 Å². The molecule has 0 aromatic rings. The van der Waals surface area contributed by atoms with E-state index < -0.39 is 12.0 Å². The first-order chi connectivity index (χ1) is 9.09. The molecule has 1 N–H and O–H groups in total. The van der Waals surface area contributed by atoms with Crippen molar-refractivity contribution in [2.24, 2.45) is 0 Å². The Morgan fingerprint density at radius 1 is 1.00 bits per heavy atom. The molecule has 19 heavy (non-hydrogen) atoms. The normalized spacial score (nSPS) is 26.1. The zero-order chi connectivity index (χ0) is 13.8. The summed E-state index contributed by atoms with van der Waals surface area (Å²) in [6.07, 6.45) is 3.33. The molecule has 0 radical (unpaired) electrons. The minimum atomic E-state index is -0.875. The van der Waals surface area contributed by atoms with Gasteiger partial charge in [0.05, 0.1) is 0 Å². The van der Waals surface area contributed by atoms with Crippen molar-refractivity contribution in [3.63, 3.8) is 0 Å². The fourth-order valence-corrected chi connectivity index (χ4v) is 2.84. The van der Waals surface area contributed by atoms with Crippen LogP contribution < -0.4 is 0 Å². The number of aliphatic carboxylic acids is 1. The van der Waals surface area contributed by atoms with Crippen LogP contribution in [0.4, 0.5) is 4.79 Å². The van der Waals surface area contributed by atoms with Crippen molar-refractivity contribution in [1.82, 2.24) is 14.7 Å². The van der Waals surface area contributed by atoms with Gasteiger partial charge in [0.15, 0.2) is 0 Å². The van der Waals surface area contributed by atoms with Crippen LogP contribution in [0.1, 0.15) is 25.7 Å². The Morgan fingerprint density at radius 3 is 2.53 bits per heavy atom. The third-order valence-corrected chi connectivity index (χ3v) is 4.02. The molecule has 0 saturated carbocycles. The number of carbonyl (C=O) groups excluding carboxylic acids is 1. The summed E-state index contributed by atoms with van der Waals surface area (Å²) < 4.78 is 0. The number of likely N-dealkylation sites (N-methyl/N-ethyl adjacent to an activating group) is 1. The minimum absolute atomic E-state index is 0.0950. The van der Waals surface area contributed by atoms with Crippen LogP contribution in [0.15, 0.2) is 0 Å². The Morgan fingerprint density at radius 2 is 1.79 bits per heavy atom. The molecule has 0 aromatic heterocycles. The van der Waals surface area contributed by atoms with Gasteiger partial charge >= 0.3 is 12.0 Å². The van der Waals surface area contributed by atoms with E-state index in [-0.39, 0.29) is 6.03 Å². The number of carboxylic acid groups (broad SMARTS) is 1. The molecule has 1 unspecified atom stereocenters. The standard InChI is InChI=1S/C13H23N3O3/c1-14-6-4-7-15(10-9-14)13(19)16-8-3-2-5-11(16)12(17)18/h11H,2-10H2,1H3,(H,17,18). The van der Waals surface area contributed by atoms with E-state index in [2.05, 4.69) is 11.9 Å². The van der Waals surface area contributed by atoms with Crippen LogP contribution in [0.2, 0.25) is 0 Å². The van der Waals surface area contributed by atoms with Gasteiger partial charge in [-0.05, 0) is 39.3 Å². The smallest absolute Gasteiger partial charge is 0.326 e. The van der Waals surface area contributed by atoms with E-state index in [0.29, 0.717) is 19.5 Å². The Kier molecular flexibility index (Phi) is 4.63. The molecule has 2 heterocycles. The second kappa shape index (κ2) is 6.23. The molecule has 0 bridgehead atoms. The van der Waals surface area contributed by atoms with Gasteiger partial charge in [0.1, 0.15) is 6.04 Å². The summed E-state index contributed by atoms with van der Waals surface area (Å²) in [5, 5.41) is 9.23. The number of piperidine rings is 1. The Balaban J connectivity index is 2.02. The van der Waals surface area contributed by atoms with Gasteiger partial charge in [0.2, 0.25) is 0 Å². The van der Waals surface area contributed by atoms with E-state index in [1.165, 1.54) is 0 Å². The maximum atomic E-state index is 12.5. The van der Waals surface area contributed by atoms with E-state index in [1.54, 1.807) is 4.90 Å². The highest BCUT2D eigenvalue weighted by Crippen LogP contribution is 2.19. The number of likely N-dealkylation sites (tertiary alicyclic amines) is 1. The number of hydrogen-bond donors (Lipinski definition) is 1. The Bertz CT molecular complexity index is 348. The average Bonchev–Trinajstić information content (AvgIpc) is 2.62. The molecular weight excluding hydrogens is 246 g/mol. The number of hydrogen-bond acceptors (Lipinski definition) is 3. The lowest BCUT2D eigenvalue weighted by molar-refractivity contribution is -0.143. The van der Waals surface area contributed by atoms with Gasteiger partial charge < -0.3 is 19.8 Å². The second-order valence-electron chi connectivity index (χ2n) is 5.47. The fourth-order valence-electron chi connectivity index (χ4n) is 2.84. The average molecular weight is 269 g/mol. The molecule has 2 aliphatic heterocycles. The predicted octanol–water partition coefficient (Wildman–Crippen LogP) is 0.683. The maximum Gasteiger partial charge on any atom is 0.326 e. The summed E-state index contributed by atoms with van der Waals surface area (Å²) in [6, 6.07) is -0.732.